The van der Waals surface area contributed by atoms with Gasteiger partial charge in [0.25, 0.3) is 0 Å². The maximum Gasteiger partial charge on any atom is 0.337 e. The van der Waals surface area contributed by atoms with Gasteiger partial charge < -0.3 is 9.84 Å². The van der Waals surface area contributed by atoms with E-state index in [4.69, 9.17) is 9.84 Å². The van der Waals surface area contributed by atoms with Crippen LogP contribution in [-0.4, -0.2) is 17.2 Å². The average Bonchev–Trinajstić information content (AvgIpc) is 2.80. The van der Waals surface area contributed by atoms with E-state index in [-0.39, 0.29) is 6.10 Å². The number of aryl methyl sites for hydroxylation is 1. The van der Waals surface area contributed by atoms with E-state index in [0.717, 1.165) is 22.4 Å². The van der Waals surface area contributed by atoms with Crippen molar-refractivity contribution in [3.63, 3.8) is 0 Å². The molecule has 2 rings (SSSR count). The van der Waals surface area contributed by atoms with Crippen LogP contribution in [0.5, 0.6) is 5.75 Å². The molecular formula is C15H16O3S. The molecule has 0 amide bonds. The van der Waals surface area contributed by atoms with Crippen LogP contribution in [0.1, 0.15) is 29.8 Å². The third-order valence-corrected chi connectivity index (χ3v) is 3.48. The highest BCUT2D eigenvalue weighted by atomic mass is 32.1. The molecule has 0 unspecified atom stereocenters. The van der Waals surface area contributed by atoms with Crippen molar-refractivity contribution in [1.82, 2.24) is 0 Å². The molecule has 0 saturated carbocycles. The fourth-order valence-corrected chi connectivity index (χ4v) is 2.72. The largest absolute Gasteiger partial charge is 0.491 e. The quantitative estimate of drug-likeness (QED) is 0.910. The lowest BCUT2D eigenvalue weighted by Crippen LogP contribution is -2.06. The van der Waals surface area contributed by atoms with Crippen molar-refractivity contribution in [2.45, 2.75) is 26.9 Å². The Bertz CT molecular complexity index is 599. The van der Waals surface area contributed by atoms with Gasteiger partial charge >= 0.3 is 5.97 Å². The smallest absolute Gasteiger partial charge is 0.337 e. The first kappa shape index (κ1) is 13.6. The molecule has 0 fully saturated rings. The zero-order chi connectivity index (χ0) is 14.0. The Morgan fingerprint density at radius 1 is 1.32 bits per heavy atom. The monoisotopic (exact) mass is 276 g/mol. The first-order valence-electron chi connectivity index (χ1n) is 6.06. The summed E-state index contributed by atoms with van der Waals surface area (Å²) in [6.45, 7) is 5.93. The minimum Gasteiger partial charge on any atom is -0.491 e. The summed E-state index contributed by atoms with van der Waals surface area (Å²) in [6.07, 6.45) is 0.125. The molecular weight excluding hydrogens is 260 g/mol. The van der Waals surface area contributed by atoms with Crippen molar-refractivity contribution in [3.8, 4) is 16.9 Å². The molecule has 1 heterocycles. The van der Waals surface area contributed by atoms with Gasteiger partial charge in [-0.1, -0.05) is 6.07 Å². The predicted octanol–water partition coefficient (Wildman–Crippen LogP) is 4.21. The molecule has 1 N–H and O–H groups in total. The van der Waals surface area contributed by atoms with E-state index in [0.29, 0.717) is 5.56 Å². The number of carboxylic acid groups (broad SMARTS) is 1. The Balaban J connectivity index is 2.39. The molecule has 0 aliphatic carbocycles. The molecule has 3 nitrogen and oxygen atoms in total. The molecule has 0 radical (unpaired) electrons. The number of ether oxygens (including phenoxy) is 1. The highest BCUT2D eigenvalue weighted by Gasteiger charge is 2.13. The molecule has 0 aliphatic heterocycles. The number of carbonyl (C=O) groups is 1. The van der Waals surface area contributed by atoms with E-state index >= 15 is 0 Å². The van der Waals surface area contributed by atoms with Crippen LogP contribution >= 0.6 is 11.3 Å². The minimum absolute atomic E-state index is 0.125. The van der Waals surface area contributed by atoms with Gasteiger partial charge in [0.05, 0.1) is 11.7 Å². The number of thiophene rings is 1. The summed E-state index contributed by atoms with van der Waals surface area (Å²) in [4.78, 5) is 11.1. The Hall–Kier alpha value is -1.81. The van der Waals surface area contributed by atoms with Crippen molar-refractivity contribution in [1.29, 1.82) is 0 Å². The molecule has 0 atom stereocenters. The van der Waals surface area contributed by atoms with Crippen LogP contribution in [0.2, 0.25) is 0 Å². The Morgan fingerprint density at radius 2 is 2.05 bits per heavy atom. The van der Waals surface area contributed by atoms with Gasteiger partial charge in [-0.2, -0.15) is 11.3 Å². The highest BCUT2D eigenvalue weighted by Crippen LogP contribution is 2.31. The number of carboxylic acids is 1. The summed E-state index contributed by atoms with van der Waals surface area (Å²) in [5, 5.41) is 12.7. The van der Waals surface area contributed by atoms with Gasteiger partial charge in [0.2, 0.25) is 0 Å². The molecule has 1 aromatic carbocycles. The van der Waals surface area contributed by atoms with Crippen LogP contribution in [0.15, 0.2) is 29.0 Å². The second-order valence-electron chi connectivity index (χ2n) is 4.65. The zero-order valence-electron chi connectivity index (χ0n) is 11.1. The predicted molar refractivity (Wildman–Crippen MR) is 77.2 cm³/mol. The van der Waals surface area contributed by atoms with Gasteiger partial charge in [0.1, 0.15) is 5.75 Å². The molecule has 4 heteroatoms. The van der Waals surface area contributed by atoms with E-state index in [2.05, 4.69) is 0 Å². The maximum atomic E-state index is 11.1. The summed E-state index contributed by atoms with van der Waals surface area (Å²) in [5.41, 5.74) is 3.03. The normalized spacial score (nSPS) is 10.7. The SMILES string of the molecule is Cc1cc(-c2cscc2C(=O)O)ccc1OC(C)C. The number of hydrogen-bond donors (Lipinski definition) is 1. The van der Waals surface area contributed by atoms with Gasteiger partial charge in [0, 0.05) is 10.9 Å². The molecule has 19 heavy (non-hydrogen) atoms. The van der Waals surface area contributed by atoms with Crippen molar-refractivity contribution in [2.24, 2.45) is 0 Å². The van der Waals surface area contributed by atoms with Crippen LogP contribution < -0.4 is 4.74 Å². The van der Waals surface area contributed by atoms with Gasteiger partial charge in [-0.25, -0.2) is 4.79 Å². The third-order valence-electron chi connectivity index (χ3n) is 2.74. The third kappa shape index (κ3) is 2.96. The average molecular weight is 276 g/mol. The lowest BCUT2D eigenvalue weighted by Gasteiger charge is -2.13. The standard InChI is InChI=1S/C15H16O3S/c1-9(2)18-14-5-4-11(6-10(14)3)12-7-19-8-13(12)15(16)17/h4-9H,1-3H3,(H,16,17). The Labute approximate surface area is 116 Å². The van der Waals surface area contributed by atoms with E-state index in [1.54, 1.807) is 5.38 Å². The number of aromatic carboxylic acids is 1. The van der Waals surface area contributed by atoms with E-state index in [9.17, 15) is 4.79 Å². The summed E-state index contributed by atoms with van der Waals surface area (Å²) < 4.78 is 5.68. The highest BCUT2D eigenvalue weighted by molar-refractivity contribution is 7.08. The van der Waals surface area contributed by atoms with Crippen LogP contribution in [0.4, 0.5) is 0 Å². The molecule has 1 aromatic heterocycles. The molecule has 0 saturated heterocycles. The van der Waals surface area contributed by atoms with Crippen LogP contribution in [-0.2, 0) is 0 Å². The minimum atomic E-state index is -0.892. The number of benzene rings is 1. The summed E-state index contributed by atoms with van der Waals surface area (Å²) in [5.74, 6) is -0.0535. The molecule has 0 aliphatic rings. The van der Waals surface area contributed by atoms with E-state index in [1.807, 2.05) is 44.4 Å². The first-order chi connectivity index (χ1) is 8.99. The molecule has 2 aromatic rings. The fraction of sp³-hybridized carbons (Fsp3) is 0.267. The number of rotatable bonds is 4. The molecule has 100 valence electrons. The molecule has 0 bridgehead atoms. The van der Waals surface area contributed by atoms with Crippen LogP contribution in [0.3, 0.4) is 0 Å². The van der Waals surface area contributed by atoms with Gasteiger partial charge in [-0.15, -0.1) is 0 Å². The Morgan fingerprint density at radius 3 is 2.63 bits per heavy atom. The van der Waals surface area contributed by atoms with Crippen molar-refractivity contribution in [2.75, 3.05) is 0 Å². The van der Waals surface area contributed by atoms with Crippen LogP contribution in [0, 0.1) is 6.92 Å². The maximum absolute atomic E-state index is 11.1. The lowest BCUT2D eigenvalue weighted by atomic mass is 10.0. The molecule has 0 spiro atoms. The van der Waals surface area contributed by atoms with E-state index in [1.165, 1.54) is 11.3 Å². The van der Waals surface area contributed by atoms with Crippen molar-refractivity contribution in [3.05, 3.63) is 40.1 Å². The summed E-state index contributed by atoms with van der Waals surface area (Å²) >= 11 is 1.40. The Kier molecular flexibility index (Phi) is 3.90. The number of hydrogen-bond acceptors (Lipinski definition) is 3. The van der Waals surface area contributed by atoms with Gasteiger partial charge in [-0.05, 0) is 49.4 Å². The fourth-order valence-electron chi connectivity index (χ4n) is 1.89. The van der Waals surface area contributed by atoms with Crippen LogP contribution in [0.25, 0.3) is 11.1 Å². The summed E-state index contributed by atoms with van der Waals surface area (Å²) in [7, 11) is 0. The van der Waals surface area contributed by atoms with E-state index < -0.39 is 5.97 Å². The lowest BCUT2D eigenvalue weighted by molar-refractivity contribution is 0.0698. The topological polar surface area (TPSA) is 46.5 Å². The van der Waals surface area contributed by atoms with Gasteiger partial charge in [-0.3, -0.25) is 0 Å². The zero-order valence-corrected chi connectivity index (χ0v) is 12.0. The van der Waals surface area contributed by atoms with Crippen molar-refractivity contribution >= 4 is 17.3 Å². The second-order valence-corrected chi connectivity index (χ2v) is 5.39. The summed E-state index contributed by atoms with van der Waals surface area (Å²) in [6, 6.07) is 5.76. The van der Waals surface area contributed by atoms with Gasteiger partial charge in [0.15, 0.2) is 0 Å². The second kappa shape index (κ2) is 5.45. The van der Waals surface area contributed by atoms with Crippen molar-refractivity contribution < 1.29 is 14.6 Å². The first-order valence-corrected chi connectivity index (χ1v) is 7.00.